The normalized spacial score (nSPS) is 10.2. The van der Waals surface area contributed by atoms with Crippen molar-refractivity contribution in [2.75, 3.05) is 12.4 Å². The lowest BCUT2D eigenvalue weighted by atomic mass is 10.2. The second-order valence-electron chi connectivity index (χ2n) is 3.62. The summed E-state index contributed by atoms with van der Waals surface area (Å²) in [6.45, 7) is 2.01. The highest BCUT2D eigenvalue weighted by atomic mass is 35.5. The van der Waals surface area contributed by atoms with Crippen LogP contribution in [0.15, 0.2) is 24.3 Å². The average molecular weight is 283 g/mol. The monoisotopic (exact) mass is 282 g/mol. The SMILES string of the molecule is COC(=O)c1sc(Nc2ccc(C)cc2)nc1Cl. The van der Waals surface area contributed by atoms with Crippen LogP contribution in [-0.2, 0) is 4.74 Å². The average Bonchev–Trinajstić information content (AvgIpc) is 2.72. The van der Waals surface area contributed by atoms with E-state index in [1.807, 2.05) is 31.2 Å². The molecule has 0 radical (unpaired) electrons. The van der Waals surface area contributed by atoms with Gasteiger partial charge in [0.1, 0.15) is 0 Å². The Kier molecular flexibility index (Phi) is 3.84. The highest BCUT2D eigenvalue weighted by molar-refractivity contribution is 7.18. The summed E-state index contributed by atoms with van der Waals surface area (Å²) in [5, 5.41) is 3.80. The zero-order valence-corrected chi connectivity index (χ0v) is 11.4. The molecule has 6 heteroatoms. The number of rotatable bonds is 3. The molecule has 0 saturated heterocycles. The Morgan fingerprint density at radius 3 is 2.67 bits per heavy atom. The van der Waals surface area contributed by atoms with Crippen LogP contribution in [0.1, 0.15) is 15.2 Å². The molecule has 4 nitrogen and oxygen atoms in total. The fraction of sp³-hybridized carbons (Fsp3) is 0.167. The van der Waals surface area contributed by atoms with Gasteiger partial charge in [-0.25, -0.2) is 9.78 Å². The largest absolute Gasteiger partial charge is 0.465 e. The maximum absolute atomic E-state index is 11.4. The Morgan fingerprint density at radius 1 is 1.39 bits per heavy atom. The number of carbonyl (C=O) groups excluding carboxylic acids is 1. The zero-order valence-electron chi connectivity index (χ0n) is 9.86. The molecule has 0 spiro atoms. The van der Waals surface area contributed by atoms with E-state index in [-0.39, 0.29) is 5.15 Å². The van der Waals surface area contributed by atoms with Crippen molar-refractivity contribution in [1.82, 2.24) is 4.98 Å². The second-order valence-corrected chi connectivity index (χ2v) is 4.98. The van der Waals surface area contributed by atoms with Crippen molar-refractivity contribution in [3.8, 4) is 0 Å². The van der Waals surface area contributed by atoms with Crippen molar-refractivity contribution >= 4 is 39.7 Å². The van der Waals surface area contributed by atoms with Crippen molar-refractivity contribution in [1.29, 1.82) is 0 Å². The van der Waals surface area contributed by atoms with Crippen LogP contribution >= 0.6 is 22.9 Å². The number of aromatic nitrogens is 1. The van der Waals surface area contributed by atoms with Gasteiger partial charge in [0.05, 0.1) is 7.11 Å². The number of hydrogen-bond acceptors (Lipinski definition) is 5. The predicted octanol–water partition coefficient (Wildman–Crippen LogP) is 3.64. The molecule has 0 atom stereocenters. The number of hydrogen-bond donors (Lipinski definition) is 1. The summed E-state index contributed by atoms with van der Waals surface area (Å²) >= 11 is 7.03. The van der Waals surface area contributed by atoms with E-state index in [1.165, 1.54) is 12.7 Å². The van der Waals surface area contributed by atoms with Crippen LogP contribution in [0.4, 0.5) is 10.8 Å². The van der Waals surface area contributed by atoms with E-state index in [0.29, 0.717) is 10.0 Å². The molecule has 0 fully saturated rings. The summed E-state index contributed by atoms with van der Waals surface area (Å²) < 4.78 is 4.62. The first-order valence-electron chi connectivity index (χ1n) is 5.18. The van der Waals surface area contributed by atoms with Crippen molar-refractivity contribution in [3.05, 3.63) is 39.9 Å². The summed E-state index contributed by atoms with van der Waals surface area (Å²) in [6.07, 6.45) is 0. The number of methoxy groups -OCH3 is 1. The molecule has 1 N–H and O–H groups in total. The molecule has 2 aromatic rings. The molecular weight excluding hydrogens is 272 g/mol. The van der Waals surface area contributed by atoms with Crippen LogP contribution in [0.5, 0.6) is 0 Å². The maximum Gasteiger partial charge on any atom is 0.351 e. The lowest BCUT2D eigenvalue weighted by molar-refractivity contribution is 0.0606. The number of esters is 1. The summed E-state index contributed by atoms with van der Waals surface area (Å²) in [5.74, 6) is -0.477. The van der Waals surface area contributed by atoms with Gasteiger partial charge in [0.25, 0.3) is 0 Å². The molecule has 0 aliphatic heterocycles. The molecule has 0 aliphatic rings. The number of anilines is 2. The second kappa shape index (κ2) is 5.37. The topological polar surface area (TPSA) is 51.2 Å². The van der Waals surface area contributed by atoms with E-state index in [1.54, 1.807) is 0 Å². The van der Waals surface area contributed by atoms with Crippen molar-refractivity contribution in [3.63, 3.8) is 0 Å². The van der Waals surface area contributed by atoms with Crippen molar-refractivity contribution in [2.45, 2.75) is 6.92 Å². The van der Waals surface area contributed by atoms with Crippen LogP contribution < -0.4 is 5.32 Å². The number of benzene rings is 1. The van der Waals surface area contributed by atoms with Crippen molar-refractivity contribution in [2.24, 2.45) is 0 Å². The van der Waals surface area contributed by atoms with E-state index in [2.05, 4.69) is 15.0 Å². The number of ether oxygens (including phenoxy) is 1. The molecule has 1 heterocycles. The van der Waals surface area contributed by atoms with E-state index >= 15 is 0 Å². The number of halogens is 1. The highest BCUT2D eigenvalue weighted by Crippen LogP contribution is 2.29. The van der Waals surface area contributed by atoms with E-state index < -0.39 is 5.97 Å². The van der Waals surface area contributed by atoms with Crippen LogP contribution in [-0.4, -0.2) is 18.1 Å². The first-order valence-corrected chi connectivity index (χ1v) is 6.38. The van der Waals surface area contributed by atoms with Crippen LogP contribution in [0, 0.1) is 6.92 Å². The number of carbonyl (C=O) groups is 1. The van der Waals surface area contributed by atoms with E-state index in [4.69, 9.17) is 11.6 Å². The molecule has 2 rings (SSSR count). The number of nitrogens with zero attached hydrogens (tertiary/aromatic N) is 1. The van der Waals surface area contributed by atoms with Gasteiger partial charge in [-0.1, -0.05) is 40.6 Å². The van der Waals surface area contributed by atoms with Gasteiger partial charge in [-0.3, -0.25) is 0 Å². The van der Waals surface area contributed by atoms with Gasteiger partial charge in [-0.2, -0.15) is 0 Å². The molecule has 0 bridgehead atoms. The molecule has 1 aromatic heterocycles. The standard InChI is InChI=1S/C12H11ClN2O2S/c1-7-3-5-8(6-4-7)14-12-15-10(13)9(18-12)11(16)17-2/h3-6H,1-2H3,(H,14,15). The quantitative estimate of drug-likeness (QED) is 0.873. The van der Waals surface area contributed by atoms with Crippen LogP contribution in [0.25, 0.3) is 0 Å². The first-order chi connectivity index (χ1) is 8.60. The zero-order chi connectivity index (χ0) is 13.1. The fourth-order valence-electron chi connectivity index (χ4n) is 1.33. The molecule has 94 valence electrons. The Labute approximate surface area is 114 Å². The maximum atomic E-state index is 11.4. The minimum atomic E-state index is -0.477. The Balaban J connectivity index is 2.20. The number of nitrogens with one attached hydrogen (secondary N) is 1. The fourth-order valence-corrected chi connectivity index (χ4v) is 2.46. The highest BCUT2D eigenvalue weighted by Gasteiger charge is 2.17. The Bertz CT molecular complexity index is 566. The van der Waals surface area contributed by atoms with Crippen LogP contribution in [0.2, 0.25) is 5.15 Å². The third-order valence-electron chi connectivity index (χ3n) is 2.26. The molecule has 18 heavy (non-hydrogen) atoms. The Hall–Kier alpha value is -1.59. The summed E-state index contributed by atoms with van der Waals surface area (Å²) in [5.41, 5.74) is 2.07. The van der Waals surface area contributed by atoms with Gasteiger partial charge >= 0.3 is 5.97 Å². The van der Waals surface area contributed by atoms with Gasteiger partial charge in [-0.05, 0) is 19.1 Å². The van der Waals surface area contributed by atoms with E-state index in [0.717, 1.165) is 17.0 Å². The third-order valence-corrected chi connectivity index (χ3v) is 3.60. The molecule has 0 saturated carbocycles. The molecular formula is C12H11ClN2O2S. The predicted molar refractivity (Wildman–Crippen MR) is 72.9 cm³/mol. The molecule has 0 amide bonds. The number of thiazole rings is 1. The molecule has 1 aromatic carbocycles. The summed E-state index contributed by atoms with van der Waals surface area (Å²) in [4.78, 5) is 15.7. The van der Waals surface area contributed by atoms with Crippen LogP contribution in [0.3, 0.4) is 0 Å². The summed E-state index contributed by atoms with van der Waals surface area (Å²) in [7, 11) is 1.31. The number of aryl methyl sites for hydroxylation is 1. The Morgan fingerprint density at radius 2 is 2.06 bits per heavy atom. The molecule has 0 aliphatic carbocycles. The lowest BCUT2D eigenvalue weighted by Crippen LogP contribution is -1.98. The third kappa shape index (κ3) is 2.80. The minimum absolute atomic E-state index is 0.154. The first kappa shape index (κ1) is 12.9. The van der Waals surface area contributed by atoms with Gasteiger partial charge in [0, 0.05) is 5.69 Å². The summed E-state index contributed by atoms with van der Waals surface area (Å²) in [6, 6.07) is 7.84. The van der Waals surface area contributed by atoms with Gasteiger partial charge < -0.3 is 10.1 Å². The smallest absolute Gasteiger partial charge is 0.351 e. The van der Waals surface area contributed by atoms with Gasteiger partial charge in [0.15, 0.2) is 15.2 Å². The van der Waals surface area contributed by atoms with Gasteiger partial charge in [-0.15, -0.1) is 0 Å². The van der Waals surface area contributed by atoms with Gasteiger partial charge in [0.2, 0.25) is 0 Å². The van der Waals surface area contributed by atoms with Crippen molar-refractivity contribution < 1.29 is 9.53 Å². The molecule has 0 unspecified atom stereocenters. The minimum Gasteiger partial charge on any atom is -0.465 e. The lowest BCUT2D eigenvalue weighted by Gasteiger charge is -2.01. The van der Waals surface area contributed by atoms with E-state index in [9.17, 15) is 4.79 Å².